The summed E-state index contributed by atoms with van der Waals surface area (Å²) in [7, 11) is 2.20. The van der Waals surface area contributed by atoms with E-state index in [-0.39, 0.29) is 5.82 Å². The van der Waals surface area contributed by atoms with Crippen LogP contribution in [0.2, 0.25) is 0 Å². The molecule has 3 atom stereocenters. The summed E-state index contributed by atoms with van der Waals surface area (Å²) < 4.78 is 14.0. The van der Waals surface area contributed by atoms with Gasteiger partial charge in [-0.2, -0.15) is 0 Å². The van der Waals surface area contributed by atoms with E-state index in [1.54, 1.807) is 13.0 Å². The van der Waals surface area contributed by atoms with Gasteiger partial charge in [0.2, 0.25) is 0 Å². The van der Waals surface area contributed by atoms with Crippen molar-refractivity contribution in [3.8, 4) is 0 Å². The molecule has 0 aliphatic carbocycles. The smallest absolute Gasteiger partial charge is 0.131 e. The zero-order valence-electron chi connectivity index (χ0n) is 12.2. The van der Waals surface area contributed by atoms with E-state index >= 15 is 0 Å². The third kappa shape index (κ3) is 2.31. The van der Waals surface area contributed by atoms with Crippen LogP contribution in [0.15, 0.2) is 18.2 Å². The second kappa shape index (κ2) is 5.34. The average molecular weight is 278 g/mol. The van der Waals surface area contributed by atoms with Crippen molar-refractivity contribution >= 4 is 5.69 Å². The molecule has 2 bridgehead atoms. The largest absolute Gasteiger partial charge is 0.389 e. The Balaban J connectivity index is 1.92. The third-order valence-corrected chi connectivity index (χ3v) is 4.94. The number of fused-ring (bicyclic) bond motifs is 2. The van der Waals surface area contributed by atoms with Gasteiger partial charge >= 0.3 is 0 Å². The predicted octanol–water partition coefficient (Wildman–Crippen LogP) is 2.55. The van der Waals surface area contributed by atoms with Gasteiger partial charge in [0.25, 0.3) is 0 Å². The van der Waals surface area contributed by atoms with Crippen LogP contribution < -0.4 is 4.90 Å². The average Bonchev–Trinajstić information content (AvgIpc) is 2.62. The SMILES string of the molecule is C[C@H](O)c1c(F)cccc1N1CCC2CCC(C1)N2C. The highest BCUT2D eigenvalue weighted by Gasteiger charge is 2.35. The minimum Gasteiger partial charge on any atom is -0.389 e. The molecular weight excluding hydrogens is 255 g/mol. The predicted molar refractivity (Wildman–Crippen MR) is 78.4 cm³/mol. The second-order valence-corrected chi connectivity index (χ2v) is 6.13. The third-order valence-electron chi connectivity index (χ3n) is 4.94. The number of likely N-dealkylation sites (N-methyl/N-ethyl adjacent to an activating group) is 1. The Hall–Kier alpha value is -1.13. The molecule has 2 aliphatic heterocycles. The van der Waals surface area contributed by atoms with Gasteiger partial charge in [-0.05, 0) is 45.4 Å². The van der Waals surface area contributed by atoms with Gasteiger partial charge in [0.1, 0.15) is 5.82 Å². The highest BCUT2D eigenvalue weighted by molar-refractivity contribution is 5.55. The van der Waals surface area contributed by atoms with Crippen LogP contribution in [-0.2, 0) is 0 Å². The molecule has 4 heteroatoms. The Morgan fingerprint density at radius 2 is 2.00 bits per heavy atom. The number of hydrogen-bond donors (Lipinski definition) is 1. The van der Waals surface area contributed by atoms with Gasteiger partial charge in [-0.1, -0.05) is 6.07 Å². The van der Waals surface area contributed by atoms with E-state index in [1.165, 1.54) is 18.9 Å². The molecule has 20 heavy (non-hydrogen) atoms. The van der Waals surface area contributed by atoms with Crippen LogP contribution >= 0.6 is 0 Å². The Labute approximate surface area is 120 Å². The molecule has 3 rings (SSSR count). The standard InChI is InChI=1S/C16H23FN2O/c1-11(20)16-14(17)4-3-5-15(16)19-9-8-12-6-7-13(10-19)18(12)2/h3-5,11-13,20H,6-10H2,1-2H3/t11-,12?,13?/m0/s1. The fourth-order valence-electron chi connectivity index (χ4n) is 3.74. The molecule has 0 saturated carbocycles. The zero-order chi connectivity index (χ0) is 14.3. The summed E-state index contributed by atoms with van der Waals surface area (Å²) in [4.78, 5) is 4.73. The van der Waals surface area contributed by atoms with Gasteiger partial charge in [0.15, 0.2) is 0 Å². The van der Waals surface area contributed by atoms with Crippen LogP contribution in [0.1, 0.15) is 37.9 Å². The Bertz CT molecular complexity index is 491. The number of nitrogens with zero attached hydrogens (tertiary/aromatic N) is 2. The molecule has 2 saturated heterocycles. The molecule has 2 unspecified atom stereocenters. The molecule has 1 aromatic carbocycles. The first-order chi connectivity index (χ1) is 9.58. The first-order valence-electron chi connectivity index (χ1n) is 7.51. The molecule has 2 fully saturated rings. The highest BCUT2D eigenvalue weighted by atomic mass is 19.1. The molecule has 2 aliphatic rings. The molecule has 3 nitrogen and oxygen atoms in total. The lowest BCUT2D eigenvalue weighted by Gasteiger charge is -2.30. The van der Waals surface area contributed by atoms with Crippen molar-refractivity contribution < 1.29 is 9.50 Å². The number of anilines is 1. The lowest BCUT2D eigenvalue weighted by molar-refractivity contribution is 0.194. The monoisotopic (exact) mass is 278 g/mol. The van der Waals surface area contributed by atoms with E-state index in [0.717, 1.165) is 25.2 Å². The van der Waals surface area contributed by atoms with Crippen molar-refractivity contribution in [2.75, 3.05) is 25.0 Å². The van der Waals surface area contributed by atoms with E-state index in [4.69, 9.17) is 0 Å². The van der Waals surface area contributed by atoms with Crippen molar-refractivity contribution in [2.24, 2.45) is 0 Å². The number of halogens is 1. The first-order valence-corrected chi connectivity index (χ1v) is 7.51. The second-order valence-electron chi connectivity index (χ2n) is 6.13. The molecule has 0 radical (unpaired) electrons. The quantitative estimate of drug-likeness (QED) is 0.900. The molecule has 1 aromatic rings. The molecule has 110 valence electrons. The van der Waals surface area contributed by atoms with E-state index in [1.807, 2.05) is 6.07 Å². The van der Waals surface area contributed by atoms with Gasteiger partial charge in [-0.15, -0.1) is 0 Å². The zero-order valence-corrected chi connectivity index (χ0v) is 12.2. The van der Waals surface area contributed by atoms with Crippen LogP contribution in [0.3, 0.4) is 0 Å². The maximum atomic E-state index is 14.0. The fraction of sp³-hybridized carbons (Fsp3) is 0.625. The lowest BCUT2D eigenvalue weighted by Crippen LogP contribution is -2.37. The highest BCUT2D eigenvalue weighted by Crippen LogP contribution is 2.34. The van der Waals surface area contributed by atoms with E-state index < -0.39 is 6.10 Å². The topological polar surface area (TPSA) is 26.7 Å². The van der Waals surface area contributed by atoms with Crippen LogP contribution in [0, 0.1) is 5.82 Å². The molecular formula is C16H23FN2O. The van der Waals surface area contributed by atoms with E-state index in [9.17, 15) is 9.50 Å². The van der Waals surface area contributed by atoms with Crippen LogP contribution in [0.4, 0.5) is 10.1 Å². The maximum Gasteiger partial charge on any atom is 0.131 e. The molecule has 0 spiro atoms. The van der Waals surface area contributed by atoms with Gasteiger partial charge in [-0.25, -0.2) is 4.39 Å². The Morgan fingerprint density at radius 1 is 1.25 bits per heavy atom. The summed E-state index contributed by atoms with van der Waals surface area (Å²) in [5, 5.41) is 9.89. The molecule has 2 heterocycles. The van der Waals surface area contributed by atoms with E-state index in [2.05, 4.69) is 16.8 Å². The summed E-state index contributed by atoms with van der Waals surface area (Å²) in [5.41, 5.74) is 1.30. The van der Waals surface area contributed by atoms with E-state index in [0.29, 0.717) is 17.6 Å². The summed E-state index contributed by atoms with van der Waals surface area (Å²) in [6, 6.07) is 6.32. The lowest BCUT2D eigenvalue weighted by atomic mass is 10.0. The normalized spacial score (nSPS) is 28.5. The molecule has 0 aromatic heterocycles. The number of benzene rings is 1. The summed E-state index contributed by atoms with van der Waals surface area (Å²) in [5.74, 6) is -0.305. The molecule has 1 N–H and O–H groups in total. The first kappa shape index (κ1) is 13.8. The number of aliphatic hydroxyl groups is 1. The minimum absolute atomic E-state index is 0.305. The van der Waals surface area contributed by atoms with Gasteiger partial charge < -0.3 is 10.0 Å². The Kier molecular flexibility index (Phi) is 3.69. The number of hydrogen-bond acceptors (Lipinski definition) is 3. The van der Waals surface area contributed by atoms with Crippen molar-refractivity contribution in [1.29, 1.82) is 0 Å². The summed E-state index contributed by atoms with van der Waals surface area (Å²) in [6.45, 7) is 3.50. The van der Waals surface area contributed by atoms with Crippen molar-refractivity contribution in [2.45, 2.75) is 44.4 Å². The van der Waals surface area contributed by atoms with Crippen LogP contribution in [0.25, 0.3) is 0 Å². The van der Waals surface area contributed by atoms with Gasteiger partial charge in [-0.3, -0.25) is 4.90 Å². The van der Waals surface area contributed by atoms with Crippen molar-refractivity contribution in [1.82, 2.24) is 4.90 Å². The number of rotatable bonds is 2. The summed E-state index contributed by atoms with van der Waals surface area (Å²) >= 11 is 0. The van der Waals surface area contributed by atoms with Crippen LogP contribution in [0.5, 0.6) is 0 Å². The Morgan fingerprint density at radius 3 is 2.75 bits per heavy atom. The fourth-order valence-corrected chi connectivity index (χ4v) is 3.74. The minimum atomic E-state index is -0.774. The maximum absolute atomic E-state index is 14.0. The van der Waals surface area contributed by atoms with Crippen molar-refractivity contribution in [3.63, 3.8) is 0 Å². The number of aliphatic hydroxyl groups excluding tert-OH is 1. The summed E-state index contributed by atoms with van der Waals surface area (Å²) in [6.07, 6.45) is 2.84. The van der Waals surface area contributed by atoms with Gasteiger partial charge in [0.05, 0.1) is 6.10 Å². The van der Waals surface area contributed by atoms with Crippen molar-refractivity contribution in [3.05, 3.63) is 29.6 Å². The van der Waals surface area contributed by atoms with Gasteiger partial charge in [0, 0.05) is 36.4 Å². The van der Waals surface area contributed by atoms with Crippen LogP contribution in [-0.4, -0.2) is 42.2 Å². The molecule has 0 amide bonds.